The SMILES string of the molecule is Cc1cc2c(cc1C)C(=O)N(CCC(C)(N)CCCCc1cccs1)C2. The van der Waals surface area contributed by atoms with E-state index in [1.807, 2.05) is 22.3 Å². The Morgan fingerprint density at radius 2 is 1.96 bits per heavy atom. The van der Waals surface area contributed by atoms with Gasteiger partial charge in [0.25, 0.3) is 5.91 Å². The normalized spacial score (nSPS) is 16.0. The summed E-state index contributed by atoms with van der Waals surface area (Å²) >= 11 is 1.83. The first-order valence-electron chi connectivity index (χ1n) is 9.56. The molecule has 1 amide bonds. The van der Waals surface area contributed by atoms with E-state index < -0.39 is 0 Å². The zero-order valence-electron chi connectivity index (χ0n) is 16.2. The van der Waals surface area contributed by atoms with E-state index in [9.17, 15) is 4.79 Å². The zero-order chi connectivity index (χ0) is 18.7. The van der Waals surface area contributed by atoms with Gasteiger partial charge < -0.3 is 10.6 Å². The predicted molar refractivity (Wildman–Crippen MR) is 110 cm³/mol. The lowest BCUT2D eigenvalue weighted by atomic mass is 9.91. The molecule has 1 aliphatic rings. The van der Waals surface area contributed by atoms with Crippen LogP contribution >= 0.6 is 11.3 Å². The number of fused-ring (bicyclic) bond motifs is 1. The molecule has 0 radical (unpaired) electrons. The first-order valence-corrected chi connectivity index (χ1v) is 10.4. The Bertz CT molecular complexity index is 765. The standard InChI is InChI=1S/C22H30N2OS/c1-16-13-18-15-24(21(25)20(18)14-17(16)2)11-10-22(3,23)9-5-4-7-19-8-6-12-26-19/h6,8,12-14H,4-5,7,9-11,15,23H2,1-3H3. The highest BCUT2D eigenvalue weighted by Gasteiger charge is 2.29. The van der Waals surface area contributed by atoms with Crippen molar-refractivity contribution in [2.45, 2.75) is 65.0 Å². The first-order chi connectivity index (χ1) is 12.4. The van der Waals surface area contributed by atoms with Gasteiger partial charge in [-0.1, -0.05) is 18.6 Å². The highest BCUT2D eigenvalue weighted by Crippen LogP contribution is 2.27. The van der Waals surface area contributed by atoms with Crippen LogP contribution in [0, 0.1) is 13.8 Å². The summed E-state index contributed by atoms with van der Waals surface area (Å²) in [5, 5.41) is 2.14. The van der Waals surface area contributed by atoms with Crippen LogP contribution in [0.3, 0.4) is 0 Å². The number of hydrogen-bond acceptors (Lipinski definition) is 3. The molecule has 1 aromatic heterocycles. The molecule has 1 atom stereocenters. The summed E-state index contributed by atoms with van der Waals surface area (Å²) < 4.78 is 0. The fourth-order valence-corrected chi connectivity index (χ4v) is 4.38. The maximum Gasteiger partial charge on any atom is 0.254 e. The smallest absolute Gasteiger partial charge is 0.254 e. The second kappa shape index (κ2) is 7.93. The van der Waals surface area contributed by atoms with Crippen molar-refractivity contribution in [3.8, 4) is 0 Å². The Morgan fingerprint density at radius 1 is 1.19 bits per heavy atom. The lowest BCUT2D eigenvalue weighted by molar-refractivity contribution is 0.0766. The molecule has 0 fully saturated rings. The number of nitrogens with zero attached hydrogens (tertiary/aromatic N) is 1. The van der Waals surface area contributed by atoms with Crippen LogP contribution in [0.1, 0.15) is 64.5 Å². The highest BCUT2D eigenvalue weighted by molar-refractivity contribution is 7.09. The molecule has 0 saturated carbocycles. The van der Waals surface area contributed by atoms with Crippen molar-refractivity contribution < 1.29 is 4.79 Å². The average molecular weight is 371 g/mol. The fraction of sp³-hybridized carbons (Fsp3) is 0.500. The summed E-state index contributed by atoms with van der Waals surface area (Å²) in [5.41, 5.74) is 10.8. The molecule has 2 aromatic rings. The van der Waals surface area contributed by atoms with Crippen molar-refractivity contribution in [2.24, 2.45) is 5.73 Å². The molecule has 26 heavy (non-hydrogen) atoms. The van der Waals surface area contributed by atoms with Gasteiger partial charge in [-0.05, 0) is 80.7 Å². The van der Waals surface area contributed by atoms with Crippen molar-refractivity contribution in [3.63, 3.8) is 0 Å². The molecule has 0 aliphatic carbocycles. The number of benzene rings is 1. The van der Waals surface area contributed by atoms with Crippen molar-refractivity contribution >= 4 is 17.2 Å². The highest BCUT2D eigenvalue weighted by atomic mass is 32.1. The Morgan fingerprint density at radius 3 is 2.69 bits per heavy atom. The minimum Gasteiger partial charge on any atom is -0.334 e. The van der Waals surface area contributed by atoms with Gasteiger partial charge >= 0.3 is 0 Å². The van der Waals surface area contributed by atoms with Gasteiger partial charge in [0.15, 0.2) is 0 Å². The third kappa shape index (κ3) is 4.54. The molecule has 2 heterocycles. The molecule has 140 valence electrons. The average Bonchev–Trinajstić information content (AvgIpc) is 3.20. The van der Waals surface area contributed by atoms with E-state index in [-0.39, 0.29) is 11.4 Å². The number of aryl methyl sites for hydroxylation is 3. The second-order valence-corrected chi connectivity index (χ2v) is 9.04. The Hall–Kier alpha value is -1.65. The van der Waals surface area contributed by atoms with E-state index in [1.165, 1.54) is 22.4 Å². The van der Waals surface area contributed by atoms with Crippen LogP contribution in [-0.2, 0) is 13.0 Å². The van der Waals surface area contributed by atoms with Crippen molar-refractivity contribution in [2.75, 3.05) is 6.54 Å². The summed E-state index contributed by atoms with van der Waals surface area (Å²) in [4.78, 5) is 16.1. The number of carbonyl (C=O) groups excluding carboxylic acids is 1. The third-order valence-corrected chi connectivity index (χ3v) is 6.49. The molecule has 4 heteroatoms. The Kier molecular flexibility index (Phi) is 5.83. The molecule has 1 aromatic carbocycles. The first kappa shape index (κ1) is 19.1. The maximum absolute atomic E-state index is 12.7. The number of carbonyl (C=O) groups is 1. The molecular formula is C22H30N2OS. The zero-order valence-corrected chi connectivity index (χ0v) is 17.0. The van der Waals surface area contributed by atoms with E-state index in [0.29, 0.717) is 0 Å². The van der Waals surface area contributed by atoms with Gasteiger partial charge in [0, 0.05) is 29.1 Å². The maximum atomic E-state index is 12.7. The van der Waals surface area contributed by atoms with Gasteiger partial charge in [-0.25, -0.2) is 0 Å². The largest absolute Gasteiger partial charge is 0.334 e. The molecule has 0 saturated heterocycles. The summed E-state index contributed by atoms with van der Waals surface area (Å²) in [6, 6.07) is 8.52. The van der Waals surface area contributed by atoms with Crippen molar-refractivity contribution in [1.29, 1.82) is 0 Å². The predicted octanol–water partition coefficient (Wildman–Crippen LogP) is 4.84. The van der Waals surface area contributed by atoms with Gasteiger partial charge in [0.2, 0.25) is 0 Å². The second-order valence-electron chi connectivity index (χ2n) is 8.01. The van der Waals surface area contributed by atoms with Crippen LogP contribution < -0.4 is 5.73 Å². The van der Waals surface area contributed by atoms with E-state index >= 15 is 0 Å². The molecule has 1 unspecified atom stereocenters. The van der Waals surface area contributed by atoms with E-state index in [2.05, 4.69) is 44.4 Å². The van der Waals surface area contributed by atoms with Crippen LogP contribution in [0.2, 0.25) is 0 Å². The summed E-state index contributed by atoms with van der Waals surface area (Å²) in [6.45, 7) is 7.77. The molecule has 1 aliphatic heterocycles. The van der Waals surface area contributed by atoms with Gasteiger partial charge in [-0.15, -0.1) is 11.3 Å². The lowest BCUT2D eigenvalue weighted by Gasteiger charge is -2.27. The summed E-state index contributed by atoms with van der Waals surface area (Å²) in [5.74, 6) is 0.164. The van der Waals surface area contributed by atoms with Gasteiger partial charge in [-0.2, -0.15) is 0 Å². The number of unbranched alkanes of at least 4 members (excludes halogenated alkanes) is 1. The van der Waals surface area contributed by atoms with Crippen LogP contribution in [0.25, 0.3) is 0 Å². The fourth-order valence-electron chi connectivity index (χ4n) is 3.63. The molecular weight excluding hydrogens is 340 g/mol. The number of nitrogens with two attached hydrogens (primary N) is 1. The molecule has 0 spiro atoms. The molecule has 3 rings (SSSR count). The van der Waals surface area contributed by atoms with E-state index in [0.717, 1.165) is 49.9 Å². The number of amides is 1. The van der Waals surface area contributed by atoms with Crippen LogP contribution in [-0.4, -0.2) is 22.9 Å². The summed E-state index contributed by atoms with van der Waals surface area (Å²) in [7, 11) is 0. The molecule has 0 bridgehead atoms. The van der Waals surface area contributed by atoms with Crippen molar-refractivity contribution in [1.82, 2.24) is 4.90 Å². The molecule has 2 N–H and O–H groups in total. The monoisotopic (exact) mass is 370 g/mol. The number of thiophene rings is 1. The number of rotatable bonds is 8. The van der Waals surface area contributed by atoms with Gasteiger partial charge in [-0.3, -0.25) is 4.79 Å². The summed E-state index contributed by atoms with van der Waals surface area (Å²) in [6.07, 6.45) is 5.32. The van der Waals surface area contributed by atoms with E-state index in [4.69, 9.17) is 5.73 Å². The van der Waals surface area contributed by atoms with Crippen LogP contribution in [0.5, 0.6) is 0 Å². The molecule has 3 nitrogen and oxygen atoms in total. The van der Waals surface area contributed by atoms with E-state index in [1.54, 1.807) is 0 Å². The Labute approximate surface area is 161 Å². The minimum atomic E-state index is -0.212. The van der Waals surface area contributed by atoms with Crippen LogP contribution in [0.4, 0.5) is 0 Å². The van der Waals surface area contributed by atoms with Crippen molar-refractivity contribution in [3.05, 3.63) is 56.8 Å². The minimum absolute atomic E-state index is 0.164. The lowest BCUT2D eigenvalue weighted by Crippen LogP contribution is -2.40. The topological polar surface area (TPSA) is 46.3 Å². The Balaban J connectivity index is 1.46. The van der Waals surface area contributed by atoms with Crippen LogP contribution in [0.15, 0.2) is 29.6 Å². The quantitative estimate of drug-likeness (QED) is 0.676. The third-order valence-electron chi connectivity index (χ3n) is 5.55. The van der Waals surface area contributed by atoms with Gasteiger partial charge in [0.1, 0.15) is 0 Å². The van der Waals surface area contributed by atoms with Gasteiger partial charge in [0.05, 0.1) is 0 Å². The number of hydrogen-bond donors (Lipinski definition) is 1.